The average Bonchev–Trinajstić information content (AvgIpc) is 3.39. The number of imide groups is 1. The number of rotatable bonds is 7. The van der Waals surface area contributed by atoms with E-state index in [-0.39, 0.29) is 30.1 Å². The monoisotopic (exact) mass is 549 g/mol. The van der Waals surface area contributed by atoms with Crippen molar-refractivity contribution in [2.24, 2.45) is 0 Å². The number of amides is 3. The van der Waals surface area contributed by atoms with Gasteiger partial charge in [-0.05, 0) is 61.6 Å². The van der Waals surface area contributed by atoms with Crippen LogP contribution in [0.15, 0.2) is 36.4 Å². The first kappa shape index (κ1) is 26.0. The number of nitrogens with one attached hydrogen (secondary N) is 1. The van der Waals surface area contributed by atoms with E-state index in [1.54, 1.807) is 11.0 Å². The van der Waals surface area contributed by atoms with Crippen LogP contribution in [-0.4, -0.2) is 59.2 Å². The molecule has 0 aliphatic carbocycles. The number of esters is 1. The van der Waals surface area contributed by atoms with Crippen molar-refractivity contribution in [3.8, 4) is 0 Å². The molecule has 0 bridgehead atoms. The Morgan fingerprint density at radius 1 is 1.00 bits per heavy atom. The summed E-state index contributed by atoms with van der Waals surface area (Å²) >= 11 is 6.09. The number of hydrogen-bond acceptors (Lipinski definition) is 6. The molecule has 4 aliphatic rings. The Morgan fingerprint density at radius 3 is 2.62 bits per heavy atom. The van der Waals surface area contributed by atoms with Gasteiger partial charge in [0.25, 0.3) is 5.91 Å². The molecule has 6 rings (SSSR count). The van der Waals surface area contributed by atoms with Gasteiger partial charge in [-0.25, -0.2) is 4.79 Å². The lowest BCUT2D eigenvalue weighted by Gasteiger charge is -2.38. The van der Waals surface area contributed by atoms with E-state index >= 15 is 0 Å². The molecule has 2 aromatic carbocycles. The van der Waals surface area contributed by atoms with Crippen LogP contribution in [0.5, 0.6) is 0 Å². The molecule has 1 N–H and O–H groups in total. The SMILES string of the molecule is O=C1CCC(N2Cc3c(CCCCCN4CCC5(CC4)OC(=O)c4cc(Cl)ccc45)cccc3C2=O)C(=O)N1. The zero-order valence-electron chi connectivity index (χ0n) is 21.8. The van der Waals surface area contributed by atoms with Gasteiger partial charge in [-0.1, -0.05) is 36.2 Å². The van der Waals surface area contributed by atoms with Crippen molar-refractivity contribution in [3.63, 3.8) is 0 Å². The molecule has 4 heterocycles. The van der Waals surface area contributed by atoms with E-state index in [9.17, 15) is 19.2 Å². The average molecular weight is 550 g/mol. The minimum atomic E-state index is -0.585. The van der Waals surface area contributed by atoms with Crippen LogP contribution in [0.1, 0.15) is 82.4 Å². The third-order valence-electron chi connectivity index (χ3n) is 8.74. The summed E-state index contributed by atoms with van der Waals surface area (Å²) in [6.07, 6.45) is 6.28. The van der Waals surface area contributed by atoms with E-state index < -0.39 is 11.6 Å². The minimum absolute atomic E-state index is 0.122. The summed E-state index contributed by atoms with van der Waals surface area (Å²) in [5.41, 5.74) is 3.92. The number of nitrogens with zero attached hydrogens (tertiary/aromatic N) is 2. The van der Waals surface area contributed by atoms with Gasteiger partial charge in [0.15, 0.2) is 0 Å². The molecule has 8 nitrogen and oxygen atoms in total. The van der Waals surface area contributed by atoms with Crippen LogP contribution in [0.4, 0.5) is 0 Å². The lowest BCUT2D eigenvalue weighted by atomic mass is 9.83. The minimum Gasteiger partial charge on any atom is -0.450 e. The molecular weight excluding hydrogens is 518 g/mol. The molecule has 204 valence electrons. The number of piperidine rings is 2. The molecule has 2 fully saturated rings. The van der Waals surface area contributed by atoms with Gasteiger partial charge >= 0.3 is 5.97 Å². The molecule has 39 heavy (non-hydrogen) atoms. The molecule has 0 radical (unpaired) electrons. The van der Waals surface area contributed by atoms with E-state index in [1.165, 1.54) is 0 Å². The van der Waals surface area contributed by atoms with Crippen LogP contribution in [0.3, 0.4) is 0 Å². The Morgan fingerprint density at radius 2 is 1.82 bits per heavy atom. The zero-order valence-corrected chi connectivity index (χ0v) is 22.6. The number of carbonyl (C=O) groups is 4. The number of unbranched alkanes of at least 4 members (excludes halogenated alkanes) is 2. The van der Waals surface area contributed by atoms with Crippen LogP contribution in [-0.2, 0) is 32.9 Å². The van der Waals surface area contributed by atoms with Gasteiger partial charge in [0.1, 0.15) is 11.6 Å². The van der Waals surface area contributed by atoms with Crippen LogP contribution < -0.4 is 5.32 Å². The van der Waals surface area contributed by atoms with Gasteiger partial charge in [0, 0.05) is 55.0 Å². The maximum absolute atomic E-state index is 13.0. The second-order valence-electron chi connectivity index (χ2n) is 11.1. The summed E-state index contributed by atoms with van der Waals surface area (Å²) in [5, 5.41) is 2.92. The summed E-state index contributed by atoms with van der Waals surface area (Å²) in [6.45, 7) is 3.21. The van der Waals surface area contributed by atoms with E-state index in [0.717, 1.165) is 74.8 Å². The number of aryl methyl sites for hydroxylation is 1. The molecule has 0 saturated carbocycles. The van der Waals surface area contributed by atoms with Crippen molar-refractivity contribution in [2.75, 3.05) is 19.6 Å². The number of carbonyl (C=O) groups excluding carboxylic acids is 4. The summed E-state index contributed by atoms with van der Waals surface area (Å²) < 4.78 is 5.87. The smallest absolute Gasteiger partial charge is 0.339 e. The van der Waals surface area contributed by atoms with Gasteiger partial charge in [0.05, 0.1) is 5.56 Å². The number of halogens is 1. The second-order valence-corrected chi connectivity index (χ2v) is 11.5. The fraction of sp³-hybridized carbons (Fsp3) is 0.467. The topological polar surface area (TPSA) is 96.0 Å². The molecule has 3 amide bonds. The number of hydrogen-bond donors (Lipinski definition) is 1. The highest BCUT2D eigenvalue weighted by Crippen LogP contribution is 2.44. The first-order valence-corrected chi connectivity index (χ1v) is 14.2. The first-order valence-electron chi connectivity index (χ1n) is 13.9. The van der Waals surface area contributed by atoms with Gasteiger partial charge in [-0.15, -0.1) is 0 Å². The van der Waals surface area contributed by atoms with Crippen molar-refractivity contribution in [1.82, 2.24) is 15.1 Å². The third-order valence-corrected chi connectivity index (χ3v) is 8.98. The molecule has 1 atom stereocenters. The Balaban J connectivity index is 0.979. The molecule has 4 aliphatic heterocycles. The van der Waals surface area contributed by atoms with Crippen molar-refractivity contribution in [1.29, 1.82) is 0 Å². The van der Waals surface area contributed by atoms with E-state index in [0.29, 0.717) is 29.1 Å². The van der Waals surface area contributed by atoms with Gasteiger partial charge in [-0.2, -0.15) is 0 Å². The molecule has 2 saturated heterocycles. The largest absolute Gasteiger partial charge is 0.450 e. The molecule has 0 aromatic heterocycles. The van der Waals surface area contributed by atoms with Crippen LogP contribution in [0.25, 0.3) is 0 Å². The third kappa shape index (κ3) is 4.85. The van der Waals surface area contributed by atoms with E-state index in [4.69, 9.17) is 16.3 Å². The first-order chi connectivity index (χ1) is 18.8. The van der Waals surface area contributed by atoms with E-state index in [2.05, 4.69) is 16.3 Å². The standard InChI is InChI=1S/C30H32ClN3O5/c31-20-8-9-24-22(17-20)29(38)39-30(24)12-15-33(16-13-30)14-3-1-2-5-19-6-4-7-21-23(19)18-34(28(21)37)25-10-11-26(35)32-27(25)36/h4,6-9,17,25H,1-3,5,10-16,18H2,(H,32,35,36). The number of benzene rings is 2. The summed E-state index contributed by atoms with van der Waals surface area (Å²) in [5.74, 6) is -1.04. The van der Waals surface area contributed by atoms with Crippen molar-refractivity contribution < 1.29 is 23.9 Å². The molecule has 1 unspecified atom stereocenters. The van der Waals surface area contributed by atoms with Crippen molar-refractivity contribution >= 4 is 35.3 Å². The van der Waals surface area contributed by atoms with Gasteiger partial charge < -0.3 is 14.5 Å². The Kier molecular flexibility index (Phi) is 6.93. The predicted octanol–water partition coefficient (Wildman–Crippen LogP) is 3.98. The zero-order chi connectivity index (χ0) is 27.1. The Bertz CT molecular complexity index is 1350. The van der Waals surface area contributed by atoms with Crippen LogP contribution in [0, 0.1) is 0 Å². The van der Waals surface area contributed by atoms with E-state index in [1.807, 2.05) is 24.3 Å². The quantitative estimate of drug-likeness (QED) is 0.319. The van der Waals surface area contributed by atoms with Gasteiger partial charge in [-0.3, -0.25) is 19.7 Å². The number of ether oxygens (including phenoxy) is 1. The Labute approximate surface area is 232 Å². The second kappa shape index (κ2) is 10.4. The molecular formula is C30H32ClN3O5. The van der Waals surface area contributed by atoms with Crippen LogP contribution in [0.2, 0.25) is 5.02 Å². The molecule has 9 heteroatoms. The fourth-order valence-corrected chi connectivity index (χ4v) is 6.76. The van der Waals surface area contributed by atoms with Gasteiger partial charge in [0.2, 0.25) is 11.8 Å². The van der Waals surface area contributed by atoms with Crippen molar-refractivity contribution in [3.05, 3.63) is 69.2 Å². The summed E-state index contributed by atoms with van der Waals surface area (Å²) in [7, 11) is 0. The number of likely N-dealkylation sites (tertiary alicyclic amines) is 1. The van der Waals surface area contributed by atoms with Crippen LogP contribution >= 0.6 is 11.6 Å². The lowest BCUT2D eigenvalue weighted by Crippen LogP contribution is -2.52. The fourth-order valence-electron chi connectivity index (χ4n) is 6.59. The highest BCUT2D eigenvalue weighted by atomic mass is 35.5. The summed E-state index contributed by atoms with van der Waals surface area (Å²) in [4.78, 5) is 53.4. The summed E-state index contributed by atoms with van der Waals surface area (Å²) in [6, 6.07) is 10.7. The maximum Gasteiger partial charge on any atom is 0.339 e. The highest BCUT2D eigenvalue weighted by Gasteiger charge is 2.47. The molecule has 1 spiro atoms. The van der Waals surface area contributed by atoms with Crippen molar-refractivity contribution in [2.45, 2.75) is 69.6 Å². The maximum atomic E-state index is 13.0. The highest BCUT2D eigenvalue weighted by molar-refractivity contribution is 6.31. The lowest BCUT2D eigenvalue weighted by molar-refractivity contribution is -0.136. The predicted molar refractivity (Wildman–Crippen MR) is 144 cm³/mol. The number of fused-ring (bicyclic) bond motifs is 3. The normalized spacial score (nSPS) is 22.2. The Hall–Kier alpha value is -3.23. The molecule has 2 aromatic rings.